The van der Waals surface area contributed by atoms with Gasteiger partial charge in [0.05, 0.1) is 17.7 Å². The van der Waals surface area contributed by atoms with Crippen LogP contribution in [0.5, 0.6) is 0 Å². The lowest BCUT2D eigenvalue weighted by Crippen LogP contribution is -2.56. The van der Waals surface area contributed by atoms with Gasteiger partial charge in [-0.15, -0.1) is 12.4 Å². The number of aromatic nitrogens is 1. The zero-order chi connectivity index (χ0) is 31.1. The lowest BCUT2D eigenvalue weighted by Gasteiger charge is -2.41. The summed E-state index contributed by atoms with van der Waals surface area (Å²) in [6.45, 7) is -0.268. The molecule has 0 unspecified atom stereocenters. The minimum Gasteiger partial charge on any atom is -0.361 e. The number of piperazine rings is 1. The van der Waals surface area contributed by atoms with E-state index in [1.807, 2.05) is 12.1 Å². The molecule has 0 saturated carbocycles. The molecule has 5 nitrogen and oxygen atoms in total. The van der Waals surface area contributed by atoms with Crippen molar-refractivity contribution in [2.45, 2.75) is 24.8 Å². The molecule has 0 aliphatic carbocycles. The van der Waals surface area contributed by atoms with Gasteiger partial charge in [0.2, 0.25) is 0 Å². The number of ketones is 1. The van der Waals surface area contributed by atoms with Crippen molar-refractivity contribution in [2.75, 3.05) is 26.2 Å². The van der Waals surface area contributed by atoms with Crippen molar-refractivity contribution in [1.82, 2.24) is 14.8 Å². The first kappa shape index (κ1) is 32.9. The van der Waals surface area contributed by atoms with Gasteiger partial charge >= 0.3 is 12.4 Å². The third kappa shape index (κ3) is 7.05. The molecule has 4 aromatic rings. The molecule has 44 heavy (non-hydrogen) atoms. The van der Waals surface area contributed by atoms with E-state index in [0.29, 0.717) is 12.1 Å². The Hall–Kier alpha value is -3.97. The fourth-order valence-electron chi connectivity index (χ4n) is 5.27. The van der Waals surface area contributed by atoms with Crippen molar-refractivity contribution in [2.24, 2.45) is 0 Å². The van der Waals surface area contributed by atoms with Crippen LogP contribution in [0.3, 0.4) is 0 Å². The summed E-state index contributed by atoms with van der Waals surface area (Å²) >= 11 is 0. The average Bonchev–Trinajstić information content (AvgIpc) is 3.36. The normalized spacial score (nSPS) is 16.2. The first-order valence-corrected chi connectivity index (χ1v) is 13.1. The summed E-state index contributed by atoms with van der Waals surface area (Å²) in [7, 11) is 0. The van der Waals surface area contributed by atoms with Gasteiger partial charge in [0, 0.05) is 53.9 Å². The maximum atomic E-state index is 13.7. The van der Waals surface area contributed by atoms with E-state index in [0.717, 1.165) is 34.7 Å². The second kappa shape index (κ2) is 12.6. The van der Waals surface area contributed by atoms with E-state index < -0.39 is 58.4 Å². The summed E-state index contributed by atoms with van der Waals surface area (Å²) in [4.78, 5) is 32.4. The van der Waals surface area contributed by atoms with Crippen molar-refractivity contribution in [3.05, 3.63) is 106 Å². The van der Waals surface area contributed by atoms with E-state index in [1.54, 1.807) is 23.2 Å². The lowest BCUT2D eigenvalue weighted by atomic mass is 9.98. The van der Waals surface area contributed by atoms with Gasteiger partial charge < -0.3 is 9.88 Å². The molecule has 14 heteroatoms. The van der Waals surface area contributed by atoms with Gasteiger partial charge in [0.25, 0.3) is 5.91 Å². The molecule has 1 atom stereocenters. The number of nitrogens with one attached hydrogen (secondary N) is 1. The maximum Gasteiger partial charge on any atom is 0.416 e. The summed E-state index contributed by atoms with van der Waals surface area (Å²) in [5, 5.41) is 0.809. The highest BCUT2D eigenvalue weighted by atomic mass is 35.5. The number of alkyl halides is 6. The molecule has 1 N–H and O–H groups in total. The summed E-state index contributed by atoms with van der Waals surface area (Å²) in [5.41, 5.74) is -2.52. The summed E-state index contributed by atoms with van der Waals surface area (Å²) in [6, 6.07) is 9.96. The quantitative estimate of drug-likeness (QED) is 0.179. The number of carbonyl (C=O) groups excluding carboxylic acids is 2. The third-order valence-corrected chi connectivity index (χ3v) is 7.40. The number of rotatable bonds is 6. The molecule has 234 valence electrons. The molecule has 1 aliphatic rings. The van der Waals surface area contributed by atoms with Gasteiger partial charge in [0.1, 0.15) is 0 Å². The van der Waals surface area contributed by atoms with Crippen LogP contribution in [0.15, 0.2) is 66.9 Å². The van der Waals surface area contributed by atoms with Crippen molar-refractivity contribution < 1.29 is 44.7 Å². The van der Waals surface area contributed by atoms with Crippen molar-refractivity contribution in [3.63, 3.8) is 0 Å². The molecule has 3 aromatic carbocycles. The first-order valence-electron chi connectivity index (χ1n) is 13.1. The van der Waals surface area contributed by atoms with Gasteiger partial charge in [-0.05, 0) is 54.4 Å². The predicted molar refractivity (Wildman–Crippen MR) is 148 cm³/mol. The molecule has 0 spiro atoms. The standard InChI is InChI=1S/C30H23F8N3O2.ClH/c31-24-6-5-17(12-25(24)32)27(42)16-40-7-8-41(22(15-40)11-19-14-39-26-4-2-1-3-23(19)26)28(43)18-9-20(29(33,34)35)13-21(10-18)30(36,37)38;/h1-6,9-10,12-14,22,39H,7-8,11,15-16H2;1H/t22-;/m1./s1. The number of H-pyrrole nitrogens is 1. The highest BCUT2D eigenvalue weighted by Gasteiger charge is 2.39. The Kier molecular flexibility index (Phi) is 9.40. The molecule has 1 saturated heterocycles. The Morgan fingerprint density at radius 3 is 2.11 bits per heavy atom. The summed E-state index contributed by atoms with van der Waals surface area (Å²) in [5.74, 6) is -3.87. The topological polar surface area (TPSA) is 56.4 Å². The van der Waals surface area contributed by atoms with Gasteiger partial charge in [0.15, 0.2) is 17.4 Å². The average molecular weight is 646 g/mol. The third-order valence-electron chi connectivity index (χ3n) is 7.40. The number of hydrogen-bond donors (Lipinski definition) is 1. The van der Waals surface area contributed by atoms with Crippen molar-refractivity contribution >= 4 is 35.0 Å². The minimum absolute atomic E-state index is 0. The highest BCUT2D eigenvalue weighted by molar-refractivity contribution is 5.98. The van der Waals surface area contributed by atoms with Crippen LogP contribution in [-0.2, 0) is 18.8 Å². The van der Waals surface area contributed by atoms with Crippen molar-refractivity contribution in [1.29, 1.82) is 0 Å². The van der Waals surface area contributed by atoms with E-state index >= 15 is 0 Å². The number of halogens is 9. The molecule has 1 fully saturated rings. The fourth-order valence-corrected chi connectivity index (χ4v) is 5.27. The van der Waals surface area contributed by atoms with Crippen LogP contribution in [0.4, 0.5) is 35.1 Å². The number of hydrogen-bond acceptors (Lipinski definition) is 3. The molecule has 1 aromatic heterocycles. The Morgan fingerprint density at radius 1 is 0.818 bits per heavy atom. The number of nitrogens with zero attached hydrogens (tertiary/aromatic N) is 2. The molecule has 5 rings (SSSR count). The predicted octanol–water partition coefficient (Wildman–Crippen LogP) is 7.16. The Balaban J connectivity index is 0.00000442. The first-order chi connectivity index (χ1) is 20.2. The lowest BCUT2D eigenvalue weighted by molar-refractivity contribution is -0.143. The zero-order valence-corrected chi connectivity index (χ0v) is 23.4. The molecule has 0 radical (unpaired) electrons. The number of aromatic amines is 1. The highest BCUT2D eigenvalue weighted by Crippen LogP contribution is 2.37. The molecule has 1 amide bonds. The van der Waals surface area contributed by atoms with E-state index in [9.17, 15) is 44.7 Å². The number of fused-ring (bicyclic) bond motifs is 1. The Bertz CT molecular complexity index is 1650. The van der Waals surface area contributed by atoms with Crippen LogP contribution in [-0.4, -0.2) is 58.7 Å². The molecule has 0 bridgehead atoms. The van der Waals surface area contributed by atoms with Crippen LogP contribution < -0.4 is 0 Å². The molecule has 2 heterocycles. The van der Waals surface area contributed by atoms with E-state index in [2.05, 4.69) is 4.98 Å². The van der Waals surface area contributed by atoms with Crippen LogP contribution in [0.2, 0.25) is 0 Å². The van der Waals surface area contributed by atoms with Gasteiger partial charge in [-0.1, -0.05) is 18.2 Å². The summed E-state index contributed by atoms with van der Waals surface area (Å²) in [6.07, 6.45) is -8.39. The largest absolute Gasteiger partial charge is 0.416 e. The van der Waals surface area contributed by atoms with E-state index in [4.69, 9.17) is 0 Å². The van der Waals surface area contributed by atoms with Crippen LogP contribution in [0, 0.1) is 11.6 Å². The zero-order valence-electron chi connectivity index (χ0n) is 22.6. The Labute approximate surface area is 251 Å². The summed E-state index contributed by atoms with van der Waals surface area (Å²) < 4.78 is 108. The number of Topliss-reactive ketones (excluding diaryl/α,β-unsaturated/α-hetero) is 1. The van der Waals surface area contributed by atoms with Gasteiger partial charge in [-0.3, -0.25) is 14.5 Å². The number of amides is 1. The van der Waals surface area contributed by atoms with Gasteiger partial charge in [-0.25, -0.2) is 8.78 Å². The van der Waals surface area contributed by atoms with Crippen LogP contribution >= 0.6 is 12.4 Å². The maximum absolute atomic E-state index is 13.7. The number of benzene rings is 3. The van der Waals surface area contributed by atoms with Gasteiger partial charge in [-0.2, -0.15) is 26.3 Å². The monoisotopic (exact) mass is 645 g/mol. The van der Waals surface area contributed by atoms with E-state index in [1.165, 1.54) is 4.90 Å². The van der Waals surface area contributed by atoms with E-state index in [-0.39, 0.29) is 56.6 Å². The molecular weight excluding hydrogens is 622 g/mol. The minimum atomic E-state index is -5.13. The Morgan fingerprint density at radius 2 is 1.48 bits per heavy atom. The van der Waals surface area contributed by atoms with Crippen LogP contribution in [0.25, 0.3) is 10.9 Å². The molecule has 1 aliphatic heterocycles. The second-order valence-electron chi connectivity index (χ2n) is 10.3. The SMILES string of the molecule is Cl.O=C(CN1CCN(C(=O)c2cc(C(F)(F)F)cc(C(F)(F)F)c2)[C@H](Cc2c[nH]c3ccccc23)C1)c1ccc(F)c(F)c1. The second-order valence-corrected chi connectivity index (χ2v) is 10.3. The number of carbonyl (C=O) groups is 2. The van der Waals surface area contributed by atoms with Crippen LogP contribution in [0.1, 0.15) is 37.4 Å². The van der Waals surface area contributed by atoms with Crippen molar-refractivity contribution in [3.8, 4) is 0 Å². The number of para-hydroxylation sites is 1. The molecular formula is C30H24ClF8N3O2. The fraction of sp³-hybridized carbons (Fsp3) is 0.267. The smallest absolute Gasteiger partial charge is 0.361 e.